The molecule has 3 aromatic rings. The number of fused-ring (bicyclic) bond motifs is 1. The summed E-state index contributed by atoms with van der Waals surface area (Å²) in [6, 6.07) is 4.18. The van der Waals surface area contributed by atoms with Crippen LogP contribution in [0, 0.1) is 5.82 Å². The van der Waals surface area contributed by atoms with E-state index in [1.165, 1.54) is 12.1 Å². The predicted octanol–water partition coefficient (Wildman–Crippen LogP) is 2.85. The van der Waals surface area contributed by atoms with Crippen molar-refractivity contribution in [2.45, 2.75) is 0 Å². The molecule has 0 saturated carbocycles. The quantitative estimate of drug-likeness (QED) is 0.756. The molecule has 7 heteroatoms. The maximum Gasteiger partial charge on any atom is 0.225 e. The average molecular weight is 278 g/mol. The summed E-state index contributed by atoms with van der Waals surface area (Å²) in [7, 11) is 1.72. The Bertz CT molecular complexity index is 755. The minimum Gasteiger partial charge on any atom is -0.357 e. The number of anilines is 1. The van der Waals surface area contributed by atoms with Gasteiger partial charge in [-0.25, -0.2) is 9.37 Å². The largest absolute Gasteiger partial charge is 0.357 e. The summed E-state index contributed by atoms with van der Waals surface area (Å²) in [5, 5.41) is 10.6. The van der Waals surface area contributed by atoms with E-state index in [1.807, 2.05) is 0 Å². The molecule has 0 bridgehead atoms. The van der Waals surface area contributed by atoms with E-state index in [9.17, 15) is 4.39 Å². The third kappa shape index (κ3) is 2.00. The van der Waals surface area contributed by atoms with Crippen LogP contribution in [0.1, 0.15) is 0 Å². The van der Waals surface area contributed by atoms with Crippen LogP contribution < -0.4 is 5.32 Å². The molecule has 0 saturated heterocycles. The van der Waals surface area contributed by atoms with Gasteiger partial charge in [0, 0.05) is 12.6 Å². The molecular weight excluding hydrogens is 269 g/mol. The summed E-state index contributed by atoms with van der Waals surface area (Å²) in [6.45, 7) is 0. The molecule has 0 aliphatic rings. The van der Waals surface area contributed by atoms with Crippen molar-refractivity contribution < 1.29 is 4.39 Å². The first-order chi connectivity index (χ1) is 9.19. The Hall–Kier alpha value is -2.21. The van der Waals surface area contributed by atoms with Crippen LogP contribution in [0.25, 0.3) is 22.3 Å². The van der Waals surface area contributed by atoms with Crippen molar-refractivity contribution >= 4 is 28.6 Å². The molecule has 5 nitrogen and oxygen atoms in total. The molecule has 0 spiro atoms. The number of H-pyrrole nitrogens is 1. The van der Waals surface area contributed by atoms with Gasteiger partial charge in [0.25, 0.3) is 0 Å². The summed E-state index contributed by atoms with van der Waals surface area (Å²) in [5.74, 6) is 0.0484. The first-order valence-corrected chi connectivity index (χ1v) is 5.91. The maximum absolute atomic E-state index is 13.1. The van der Waals surface area contributed by atoms with E-state index < -0.39 is 0 Å². The molecule has 96 valence electrons. The number of hydrogen-bond donors (Lipinski definition) is 2. The Balaban J connectivity index is 2.31. The van der Waals surface area contributed by atoms with Crippen LogP contribution in [0.5, 0.6) is 0 Å². The second kappa shape index (κ2) is 4.47. The van der Waals surface area contributed by atoms with Crippen molar-refractivity contribution in [1.82, 2.24) is 20.2 Å². The van der Waals surface area contributed by atoms with Crippen LogP contribution >= 0.6 is 11.6 Å². The van der Waals surface area contributed by atoms with Crippen LogP contribution in [-0.2, 0) is 0 Å². The van der Waals surface area contributed by atoms with Crippen LogP contribution in [-0.4, -0.2) is 27.2 Å². The van der Waals surface area contributed by atoms with Gasteiger partial charge < -0.3 is 5.32 Å². The van der Waals surface area contributed by atoms with Crippen LogP contribution in [0.2, 0.25) is 5.02 Å². The second-order valence-corrected chi connectivity index (χ2v) is 4.31. The van der Waals surface area contributed by atoms with Gasteiger partial charge in [0.1, 0.15) is 5.82 Å². The van der Waals surface area contributed by atoms with Crippen molar-refractivity contribution in [3.63, 3.8) is 0 Å². The first-order valence-electron chi connectivity index (χ1n) is 5.53. The number of nitrogens with zero attached hydrogens (tertiary/aromatic N) is 3. The van der Waals surface area contributed by atoms with Crippen molar-refractivity contribution in [2.75, 3.05) is 12.4 Å². The van der Waals surface area contributed by atoms with E-state index in [0.717, 1.165) is 5.39 Å². The third-order valence-electron chi connectivity index (χ3n) is 2.72. The van der Waals surface area contributed by atoms with Gasteiger partial charge in [-0.3, -0.25) is 5.10 Å². The average Bonchev–Trinajstić information content (AvgIpc) is 2.86. The molecule has 3 rings (SSSR count). The highest BCUT2D eigenvalue weighted by molar-refractivity contribution is 6.33. The fourth-order valence-electron chi connectivity index (χ4n) is 1.83. The number of nitrogens with one attached hydrogen (secondary N) is 2. The lowest BCUT2D eigenvalue weighted by Crippen LogP contribution is -1.98. The molecule has 0 aliphatic heterocycles. The van der Waals surface area contributed by atoms with E-state index >= 15 is 0 Å². The molecule has 0 fully saturated rings. The number of rotatable bonds is 2. The fourth-order valence-corrected chi connectivity index (χ4v) is 2.09. The van der Waals surface area contributed by atoms with Crippen LogP contribution in [0.3, 0.4) is 0 Å². The van der Waals surface area contributed by atoms with Gasteiger partial charge in [-0.05, 0) is 18.2 Å². The van der Waals surface area contributed by atoms with Crippen molar-refractivity contribution in [3.8, 4) is 11.3 Å². The molecule has 0 unspecified atom stereocenters. The standard InChI is InChI=1S/C12H9ClFN5/c1-15-12-17-10(8-5-16-19-11(8)18-12)7-3-2-6(14)4-9(7)13/h2-5H,1H3,(H2,15,16,17,18,19). The highest BCUT2D eigenvalue weighted by Crippen LogP contribution is 2.32. The Morgan fingerprint density at radius 1 is 1.32 bits per heavy atom. The zero-order valence-electron chi connectivity index (χ0n) is 9.91. The van der Waals surface area contributed by atoms with Gasteiger partial charge >= 0.3 is 0 Å². The lowest BCUT2D eigenvalue weighted by Gasteiger charge is -2.07. The molecule has 0 radical (unpaired) electrons. The number of aromatic nitrogens is 4. The molecule has 2 aromatic heterocycles. The van der Waals surface area contributed by atoms with E-state index in [-0.39, 0.29) is 5.82 Å². The normalized spacial score (nSPS) is 10.9. The zero-order valence-corrected chi connectivity index (χ0v) is 10.7. The van der Waals surface area contributed by atoms with Crippen molar-refractivity contribution in [3.05, 3.63) is 35.2 Å². The summed E-state index contributed by atoms with van der Waals surface area (Å²) in [4.78, 5) is 8.59. The van der Waals surface area contributed by atoms with Gasteiger partial charge in [0.2, 0.25) is 5.95 Å². The van der Waals surface area contributed by atoms with Crippen molar-refractivity contribution in [1.29, 1.82) is 0 Å². The Morgan fingerprint density at radius 2 is 2.16 bits per heavy atom. The molecule has 19 heavy (non-hydrogen) atoms. The number of aromatic amines is 1. The number of hydrogen-bond acceptors (Lipinski definition) is 4. The molecular formula is C12H9ClFN5. The summed E-state index contributed by atoms with van der Waals surface area (Å²) < 4.78 is 13.1. The Morgan fingerprint density at radius 3 is 2.89 bits per heavy atom. The number of benzene rings is 1. The number of halogens is 2. The molecule has 1 aromatic carbocycles. The lowest BCUT2D eigenvalue weighted by molar-refractivity contribution is 0.628. The highest BCUT2D eigenvalue weighted by atomic mass is 35.5. The van der Waals surface area contributed by atoms with E-state index in [1.54, 1.807) is 19.3 Å². The fraction of sp³-hybridized carbons (Fsp3) is 0.0833. The third-order valence-corrected chi connectivity index (χ3v) is 3.03. The van der Waals surface area contributed by atoms with E-state index in [4.69, 9.17) is 11.6 Å². The molecule has 2 N–H and O–H groups in total. The van der Waals surface area contributed by atoms with Gasteiger partial charge in [-0.15, -0.1) is 0 Å². The van der Waals surface area contributed by atoms with E-state index in [2.05, 4.69) is 25.5 Å². The minimum atomic E-state index is -0.389. The Kier molecular flexibility index (Phi) is 2.79. The lowest BCUT2D eigenvalue weighted by atomic mass is 10.1. The molecule has 0 atom stereocenters. The second-order valence-electron chi connectivity index (χ2n) is 3.90. The van der Waals surface area contributed by atoms with Gasteiger partial charge in [0.05, 0.1) is 22.3 Å². The van der Waals surface area contributed by atoms with Gasteiger partial charge in [-0.2, -0.15) is 10.1 Å². The molecule has 2 heterocycles. The smallest absolute Gasteiger partial charge is 0.225 e. The first kappa shape index (κ1) is 11.9. The minimum absolute atomic E-state index is 0.295. The highest BCUT2D eigenvalue weighted by Gasteiger charge is 2.14. The molecule has 0 aliphatic carbocycles. The monoisotopic (exact) mass is 277 g/mol. The van der Waals surface area contributed by atoms with Crippen LogP contribution in [0.15, 0.2) is 24.4 Å². The Labute approximate surface area is 112 Å². The van der Waals surface area contributed by atoms with Crippen molar-refractivity contribution in [2.24, 2.45) is 0 Å². The van der Waals surface area contributed by atoms with E-state index in [0.29, 0.717) is 27.9 Å². The topological polar surface area (TPSA) is 66.5 Å². The maximum atomic E-state index is 13.1. The molecule has 0 amide bonds. The predicted molar refractivity (Wildman–Crippen MR) is 71.6 cm³/mol. The summed E-state index contributed by atoms with van der Waals surface area (Å²) in [5.41, 5.74) is 1.83. The zero-order chi connectivity index (χ0) is 13.4. The summed E-state index contributed by atoms with van der Waals surface area (Å²) >= 11 is 6.08. The SMILES string of the molecule is CNc1nc(-c2ccc(F)cc2Cl)c2cn[nH]c2n1. The van der Waals surface area contributed by atoms with Gasteiger partial charge in [0.15, 0.2) is 5.65 Å². The van der Waals surface area contributed by atoms with Gasteiger partial charge in [-0.1, -0.05) is 11.6 Å². The van der Waals surface area contributed by atoms with Crippen LogP contribution in [0.4, 0.5) is 10.3 Å². The summed E-state index contributed by atoms with van der Waals surface area (Å²) in [6.07, 6.45) is 1.61.